The fourth-order valence-electron chi connectivity index (χ4n) is 5.72. The van der Waals surface area contributed by atoms with E-state index in [2.05, 4.69) is 67.0 Å². The van der Waals surface area contributed by atoms with Crippen LogP contribution in [0.3, 0.4) is 0 Å². The van der Waals surface area contributed by atoms with E-state index in [1.807, 2.05) is 0 Å². The molecule has 0 aromatic carbocycles. The second kappa shape index (κ2) is 39.7. The molecule has 0 aliphatic heterocycles. The van der Waals surface area contributed by atoms with Crippen molar-refractivity contribution in [2.75, 3.05) is 20.3 Å². The monoisotopic (exact) mass is 767 g/mol. The third-order valence-electron chi connectivity index (χ3n) is 9.05. The molecule has 308 valence electrons. The largest absolute Gasteiger partial charge is 0.472 e. The predicted octanol–water partition coefficient (Wildman–Crippen LogP) is 13.4. The molecule has 0 amide bonds. The van der Waals surface area contributed by atoms with Crippen LogP contribution in [-0.4, -0.2) is 43.3 Å². The van der Waals surface area contributed by atoms with Gasteiger partial charge in [0.15, 0.2) is 6.10 Å². The molecule has 0 saturated heterocycles. The van der Waals surface area contributed by atoms with E-state index in [9.17, 15) is 19.0 Å². The number of hydrogen-bond acceptors (Lipinski definition) is 7. The van der Waals surface area contributed by atoms with Crippen LogP contribution in [0.4, 0.5) is 0 Å². The Bertz CT molecular complexity index is 1010. The molecule has 0 aromatic rings. The lowest BCUT2D eigenvalue weighted by Gasteiger charge is -2.19. The van der Waals surface area contributed by atoms with Gasteiger partial charge < -0.3 is 14.4 Å². The number of phosphoric acid groups is 1. The second-order valence-corrected chi connectivity index (χ2v) is 15.7. The first-order valence-corrected chi connectivity index (χ1v) is 22.8. The van der Waals surface area contributed by atoms with Crippen LogP contribution in [0.25, 0.3) is 0 Å². The number of carbonyl (C=O) groups excluding carboxylic acids is 2. The van der Waals surface area contributed by atoms with Crippen molar-refractivity contribution >= 4 is 19.8 Å². The van der Waals surface area contributed by atoms with Gasteiger partial charge in [-0.2, -0.15) is 0 Å². The highest BCUT2D eigenvalue weighted by molar-refractivity contribution is 7.47. The average Bonchev–Trinajstić information content (AvgIpc) is 3.15. The normalized spacial score (nSPS) is 13.8. The molecule has 2 atom stereocenters. The molecule has 0 rings (SSSR count). The zero-order valence-corrected chi connectivity index (χ0v) is 35.1. The topological polar surface area (TPSA) is 108 Å². The van der Waals surface area contributed by atoms with E-state index < -0.39 is 26.5 Å². The summed E-state index contributed by atoms with van der Waals surface area (Å²) in [5.41, 5.74) is 0. The van der Waals surface area contributed by atoms with E-state index >= 15 is 0 Å². The number of hydrogen-bond donors (Lipinski definition) is 1. The van der Waals surface area contributed by atoms with Crippen LogP contribution in [-0.2, 0) is 32.7 Å². The van der Waals surface area contributed by atoms with E-state index in [1.165, 1.54) is 83.5 Å². The maximum Gasteiger partial charge on any atom is 0.472 e. The number of unbranched alkanes of at least 4 members (excludes halogenated alkanes) is 20. The van der Waals surface area contributed by atoms with Gasteiger partial charge in [-0.05, 0) is 77.0 Å². The van der Waals surface area contributed by atoms with Gasteiger partial charge in [0.05, 0.1) is 6.61 Å². The summed E-state index contributed by atoms with van der Waals surface area (Å²) in [6.07, 6.45) is 47.3. The molecule has 0 bridgehead atoms. The Morgan fingerprint density at radius 3 is 1.32 bits per heavy atom. The molecule has 1 N–H and O–H groups in total. The smallest absolute Gasteiger partial charge is 0.462 e. The van der Waals surface area contributed by atoms with Gasteiger partial charge >= 0.3 is 19.8 Å². The van der Waals surface area contributed by atoms with Crippen LogP contribution >= 0.6 is 7.82 Å². The Kier molecular flexibility index (Phi) is 38.2. The highest BCUT2D eigenvalue weighted by Crippen LogP contribution is 2.42. The minimum Gasteiger partial charge on any atom is -0.462 e. The van der Waals surface area contributed by atoms with Gasteiger partial charge in [-0.3, -0.25) is 18.6 Å². The summed E-state index contributed by atoms with van der Waals surface area (Å²) in [4.78, 5) is 34.5. The summed E-state index contributed by atoms with van der Waals surface area (Å²) in [5, 5.41) is 0. The quantitative estimate of drug-likeness (QED) is 0.0285. The van der Waals surface area contributed by atoms with Crippen molar-refractivity contribution < 1.29 is 37.6 Å². The Balaban J connectivity index is 4.05. The van der Waals surface area contributed by atoms with Crippen LogP contribution in [0.2, 0.25) is 0 Å². The van der Waals surface area contributed by atoms with Gasteiger partial charge in [0.25, 0.3) is 0 Å². The maximum absolute atomic E-state index is 12.5. The summed E-state index contributed by atoms with van der Waals surface area (Å²) < 4.78 is 32.0. The number of ether oxygens (including phenoxy) is 2. The van der Waals surface area contributed by atoms with Gasteiger partial charge in [-0.1, -0.05) is 152 Å². The van der Waals surface area contributed by atoms with E-state index in [0.717, 1.165) is 84.2 Å². The van der Waals surface area contributed by atoms with Crippen molar-refractivity contribution in [1.29, 1.82) is 0 Å². The number of carbonyl (C=O) groups is 2. The van der Waals surface area contributed by atoms with Crippen LogP contribution in [0.15, 0.2) is 48.6 Å². The summed E-state index contributed by atoms with van der Waals surface area (Å²) in [6.45, 7) is 3.84. The Morgan fingerprint density at radius 1 is 0.528 bits per heavy atom. The molecule has 2 unspecified atom stereocenters. The van der Waals surface area contributed by atoms with Crippen molar-refractivity contribution in [3.63, 3.8) is 0 Å². The SMILES string of the molecule is CCCCCC/C=C\C/C=C\CCCCCCCCCC(=O)OC(COC(=O)CCCCCCC/C=C\C/C=C\CCCCCC)COP(=O)(O)OC. The third-order valence-corrected chi connectivity index (χ3v) is 9.98. The van der Waals surface area contributed by atoms with Crippen LogP contribution in [0, 0.1) is 0 Å². The molecular weight excluding hydrogens is 687 g/mol. The van der Waals surface area contributed by atoms with Gasteiger partial charge in [0, 0.05) is 20.0 Å². The molecule has 0 aromatic heterocycles. The first kappa shape index (κ1) is 51.0. The molecule has 9 heteroatoms. The maximum atomic E-state index is 12.5. The molecule has 0 aliphatic carbocycles. The summed E-state index contributed by atoms with van der Waals surface area (Å²) in [7, 11) is -3.21. The third kappa shape index (κ3) is 39.5. The Morgan fingerprint density at radius 2 is 0.906 bits per heavy atom. The molecule has 0 radical (unpaired) electrons. The van der Waals surface area contributed by atoms with Crippen LogP contribution < -0.4 is 0 Å². The molecule has 0 aliphatic rings. The molecule has 8 nitrogen and oxygen atoms in total. The van der Waals surface area contributed by atoms with Crippen molar-refractivity contribution in [3.8, 4) is 0 Å². The number of esters is 2. The standard InChI is InChI=1S/C44H79O8P/c1-4-6-8-10-12-14-16-18-20-22-23-25-27-29-31-33-35-37-39-44(46)52-42(41-51-53(47,48)49-3)40-50-43(45)38-36-34-32-30-28-26-24-21-19-17-15-13-11-9-7-5-2/h14-17,20-22,24,42H,4-13,18-19,23,25-41H2,1-3H3,(H,47,48)/b16-14-,17-15-,22-20-,24-21-. The molecular formula is C44H79O8P. The van der Waals surface area contributed by atoms with Crippen molar-refractivity contribution in [3.05, 3.63) is 48.6 Å². The minimum atomic E-state index is -4.27. The predicted molar refractivity (Wildman–Crippen MR) is 221 cm³/mol. The summed E-state index contributed by atoms with van der Waals surface area (Å²) in [6, 6.07) is 0. The first-order valence-electron chi connectivity index (χ1n) is 21.3. The summed E-state index contributed by atoms with van der Waals surface area (Å²) in [5.74, 6) is -0.829. The van der Waals surface area contributed by atoms with Gasteiger partial charge in [-0.15, -0.1) is 0 Å². The van der Waals surface area contributed by atoms with E-state index in [4.69, 9.17) is 14.0 Å². The highest BCUT2D eigenvalue weighted by Gasteiger charge is 2.24. The van der Waals surface area contributed by atoms with Crippen molar-refractivity contribution in [1.82, 2.24) is 0 Å². The van der Waals surface area contributed by atoms with Gasteiger partial charge in [-0.25, -0.2) is 4.57 Å². The van der Waals surface area contributed by atoms with Gasteiger partial charge in [0.1, 0.15) is 6.61 Å². The lowest BCUT2D eigenvalue weighted by atomic mass is 10.1. The zero-order valence-electron chi connectivity index (χ0n) is 34.2. The minimum absolute atomic E-state index is 0.232. The van der Waals surface area contributed by atoms with E-state index in [0.29, 0.717) is 6.42 Å². The first-order chi connectivity index (χ1) is 25.8. The Labute approximate surface area is 325 Å². The van der Waals surface area contributed by atoms with Gasteiger partial charge in [0.2, 0.25) is 0 Å². The lowest BCUT2D eigenvalue weighted by molar-refractivity contribution is -0.161. The zero-order chi connectivity index (χ0) is 38.9. The number of phosphoric ester groups is 1. The number of allylic oxidation sites excluding steroid dienone is 8. The molecule has 0 heterocycles. The Hall–Kier alpha value is -1.99. The molecule has 0 fully saturated rings. The highest BCUT2D eigenvalue weighted by atomic mass is 31.2. The fourth-order valence-corrected chi connectivity index (χ4v) is 6.18. The van der Waals surface area contributed by atoms with E-state index in [-0.39, 0.29) is 25.4 Å². The lowest BCUT2D eigenvalue weighted by Crippen LogP contribution is -2.29. The van der Waals surface area contributed by atoms with Crippen LogP contribution in [0.5, 0.6) is 0 Å². The van der Waals surface area contributed by atoms with E-state index in [1.54, 1.807) is 0 Å². The molecule has 53 heavy (non-hydrogen) atoms. The van der Waals surface area contributed by atoms with Crippen molar-refractivity contribution in [2.24, 2.45) is 0 Å². The fraction of sp³-hybridized carbons (Fsp3) is 0.773. The molecule has 0 saturated carbocycles. The molecule has 0 spiro atoms. The summed E-state index contributed by atoms with van der Waals surface area (Å²) >= 11 is 0. The number of rotatable bonds is 39. The average molecular weight is 767 g/mol. The van der Waals surface area contributed by atoms with Crippen LogP contribution in [0.1, 0.15) is 194 Å². The van der Waals surface area contributed by atoms with Crippen molar-refractivity contribution in [2.45, 2.75) is 200 Å². The second-order valence-electron chi connectivity index (χ2n) is 14.1.